The Morgan fingerprint density at radius 2 is 1.88 bits per heavy atom. The number of carbonyl (C=O) groups is 3. The van der Waals surface area contributed by atoms with Crippen molar-refractivity contribution in [2.24, 2.45) is 0 Å². The molecule has 8 heteroatoms. The summed E-state index contributed by atoms with van der Waals surface area (Å²) in [6.45, 7) is 4.10. The fourth-order valence-corrected chi connectivity index (χ4v) is 4.26. The Bertz CT molecular complexity index is 1200. The van der Waals surface area contributed by atoms with Gasteiger partial charge < -0.3 is 20.1 Å². The number of hydrogen-bond acceptors (Lipinski definition) is 3. The van der Waals surface area contributed by atoms with Crippen LogP contribution in [0.4, 0.5) is 4.39 Å². The summed E-state index contributed by atoms with van der Waals surface area (Å²) in [7, 11) is 0. The number of carbonyl (C=O) groups excluding carboxylic acids is 3. The highest BCUT2D eigenvalue weighted by atomic mass is 19.1. The zero-order valence-electron chi connectivity index (χ0n) is 18.0. The highest BCUT2D eigenvalue weighted by Crippen LogP contribution is 2.32. The molecule has 0 spiro atoms. The van der Waals surface area contributed by atoms with Gasteiger partial charge in [-0.1, -0.05) is 30.3 Å². The molecule has 7 nitrogen and oxygen atoms in total. The molecule has 0 bridgehead atoms. The van der Waals surface area contributed by atoms with E-state index in [2.05, 4.69) is 10.6 Å². The molecule has 3 aromatic rings. The summed E-state index contributed by atoms with van der Waals surface area (Å²) in [5.41, 5.74) is 0.909. The van der Waals surface area contributed by atoms with Crippen molar-refractivity contribution in [2.45, 2.75) is 32.5 Å². The van der Waals surface area contributed by atoms with Gasteiger partial charge in [-0.25, -0.2) is 4.39 Å². The Labute approximate surface area is 185 Å². The number of rotatable bonds is 6. The van der Waals surface area contributed by atoms with Crippen LogP contribution in [-0.4, -0.2) is 45.8 Å². The standard InChI is InChI=1S/C24H25FN4O3/c1-3-29-22(31)20-12-17-8-4-5-10-19(17)28(20)15-24(29,2)23(32)27-14-21(30)26-13-16-7-6-9-18(25)11-16/h4-12H,3,13-15H2,1-2H3,(H,26,30)(H,27,32)/t24-/m0/s1. The van der Waals surface area contributed by atoms with E-state index in [1.165, 1.54) is 12.1 Å². The molecule has 1 aliphatic rings. The number of aromatic nitrogens is 1. The third-order valence-electron chi connectivity index (χ3n) is 5.93. The lowest BCUT2D eigenvalue weighted by molar-refractivity contribution is -0.134. The third kappa shape index (κ3) is 3.84. The zero-order valence-corrected chi connectivity index (χ0v) is 18.0. The molecule has 1 aliphatic heterocycles. The van der Waals surface area contributed by atoms with E-state index in [1.807, 2.05) is 41.8 Å². The number of para-hydroxylation sites is 1. The first-order chi connectivity index (χ1) is 15.3. The van der Waals surface area contributed by atoms with Gasteiger partial charge in [-0.15, -0.1) is 0 Å². The van der Waals surface area contributed by atoms with Gasteiger partial charge in [0.15, 0.2) is 0 Å². The second-order valence-electron chi connectivity index (χ2n) is 8.09. The number of amides is 3. The number of benzene rings is 2. The lowest BCUT2D eigenvalue weighted by Gasteiger charge is -2.43. The Hall–Kier alpha value is -3.68. The van der Waals surface area contributed by atoms with Gasteiger partial charge in [-0.2, -0.15) is 0 Å². The molecule has 2 aromatic carbocycles. The number of nitrogens with one attached hydrogen (secondary N) is 2. The van der Waals surface area contributed by atoms with Crippen LogP contribution in [0.3, 0.4) is 0 Å². The van der Waals surface area contributed by atoms with Gasteiger partial charge in [-0.05, 0) is 43.7 Å². The Balaban J connectivity index is 1.47. The summed E-state index contributed by atoms with van der Waals surface area (Å²) in [6.07, 6.45) is 0. The number of halogens is 1. The minimum Gasteiger partial charge on any atom is -0.350 e. The molecule has 1 aromatic heterocycles. The minimum atomic E-state index is -1.15. The number of fused-ring (bicyclic) bond motifs is 3. The van der Waals surface area contributed by atoms with E-state index in [-0.39, 0.29) is 31.4 Å². The predicted octanol–water partition coefficient (Wildman–Crippen LogP) is 2.45. The van der Waals surface area contributed by atoms with Crippen molar-refractivity contribution in [1.82, 2.24) is 20.1 Å². The maximum absolute atomic E-state index is 13.3. The van der Waals surface area contributed by atoms with Crippen molar-refractivity contribution >= 4 is 28.6 Å². The first-order valence-corrected chi connectivity index (χ1v) is 10.5. The molecule has 0 saturated carbocycles. The second kappa shape index (κ2) is 8.45. The van der Waals surface area contributed by atoms with E-state index in [9.17, 15) is 18.8 Å². The fraction of sp³-hybridized carbons (Fsp3) is 0.292. The number of likely N-dealkylation sites (N-methyl/N-ethyl adjacent to an activating group) is 1. The molecule has 4 rings (SSSR count). The minimum absolute atomic E-state index is 0.155. The van der Waals surface area contributed by atoms with Crippen LogP contribution < -0.4 is 10.6 Å². The van der Waals surface area contributed by atoms with E-state index in [0.29, 0.717) is 17.8 Å². The zero-order chi connectivity index (χ0) is 22.9. The van der Waals surface area contributed by atoms with Gasteiger partial charge >= 0.3 is 0 Å². The van der Waals surface area contributed by atoms with Crippen molar-refractivity contribution in [3.63, 3.8) is 0 Å². The number of hydrogen-bond donors (Lipinski definition) is 2. The van der Waals surface area contributed by atoms with Crippen LogP contribution in [-0.2, 0) is 22.7 Å². The van der Waals surface area contributed by atoms with E-state index >= 15 is 0 Å². The van der Waals surface area contributed by atoms with Gasteiger partial charge in [0.25, 0.3) is 5.91 Å². The average Bonchev–Trinajstić information content (AvgIpc) is 3.15. The largest absolute Gasteiger partial charge is 0.350 e. The molecule has 0 fully saturated rings. The molecule has 0 aliphatic carbocycles. The summed E-state index contributed by atoms with van der Waals surface area (Å²) < 4.78 is 15.1. The highest BCUT2D eigenvalue weighted by molar-refractivity contribution is 6.04. The molecule has 1 atom stereocenters. The van der Waals surface area contributed by atoms with Gasteiger partial charge in [0.2, 0.25) is 11.8 Å². The SMILES string of the molecule is CCN1C(=O)c2cc3ccccc3n2C[C@@]1(C)C(=O)NCC(=O)NCc1cccc(F)c1. The van der Waals surface area contributed by atoms with Crippen LogP contribution >= 0.6 is 0 Å². The van der Waals surface area contributed by atoms with Crippen LogP contribution in [0.5, 0.6) is 0 Å². The summed E-state index contributed by atoms with van der Waals surface area (Å²) in [4.78, 5) is 40.1. The van der Waals surface area contributed by atoms with Crippen molar-refractivity contribution in [2.75, 3.05) is 13.1 Å². The second-order valence-corrected chi connectivity index (χ2v) is 8.09. The van der Waals surface area contributed by atoms with Crippen LogP contribution in [0.2, 0.25) is 0 Å². The molecule has 2 heterocycles. The normalized spacial score (nSPS) is 17.8. The van der Waals surface area contributed by atoms with Crippen LogP contribution in [0.15, 0.2) is 54.6 Å². The molecule has 32 heavy (non-hydrogen) atoms. The molecule has 166 valence electrons. The van der Waals surface area contributed by atoms with E-state index in [4.69, 9.17) is 0 Å². The topological polar surface area (TPSA) is 83.4 Å². The molecule has 3 amide bonds. The van der Waals surface area contributed by atoms with Crippen LogP contribution in [0.1, 0.15) is 29.9 Å². The molecule has 0 unspecified atom stereocenters. The van der Waals surface area contributed by atoms with E-state index in [1.54, 1.807) is 24.0 Å². The number of nitrogens with zero attached hydrogens (tertiary/aromatic N) is 2. The van der Waals surface area contributed by atoms with Crippen molar-refractivity contribution in [1.29, 1.82) is 0 Å². The van der Waals surface area contributed by atoms with Crippen LogP contribution in [0, 0.1) is 5.82 Å². The Kier molecular flexibility index (Phi) is 5.69. The Morgan fingerprint density at radius 1 is 1.09 bits per heavy atom. The Morgan fingerprint density at radius 3 is 2.62 bits per heavy atom. The molecule has 0 radical (unpaired) electrons. The van der Waals surface area contributed by atoms with Gasteiger partial charge in [0, 0.05) is 24.0 Å². The predicted molar refractivity (Wildman–Crippen MR) is 118 cm³/mol. The maximum atomic E-state index is 13.3. The quantitative estimate of drug-likeness (QED) is 0.623. The summed E-state index contributed by atoms with van der Waals surface area (Å²) in [5.74, 6) is -1.40. The van der Waals surface area contributed by atoms with Gasteiger partial charge in [0.05, 0.1) is 13.1 Å². The molecule has 0 saturated heterocycles. The molecular formula is C24H25FN4O3. The monoisotopic (exact) mass is 436 g/mol. The summed E-state index contributed by atoms with van der Waals surface area (Å²) in [6, 6.07) is 15.4. The van der Waals surface area contributed by atoms with E-state index < -0.39 is 17.4 Å². The summed E-state index contributed by atoms with van der Waals surface area (Å²) >= 11 is 0. The highest BCUT2D eigenvalue weighted by Gasteiger charge is 2.46. The average molecular weight is 436 g/mol. The lowest BCUT2D eigenvalue weighted by atomic mass is 9.95. The van der Waals surface area contributed by atoms with Crippen LogP contribution in [0.25, 0.3) is 10.9 Å². The first-order valence-electron chi connectivity index (χ1n) is 10.5. The maximum Gasteiger partial charge on any atom is 0.271 e. The van der Waals surface area contributed by atoms with Gasteiger partial charge in [-0.3, -0.25) is 14.4 Å². The third-order valence-corrected chi connectivity index (χ3v) is 5.93. The van der Waals surface area contributed by atoms with Crippen molar-refractivity contribution in [3.8, 4) is 0 Å². The summed E-state index contributed by atoms with van der Waals surface area (Å²) in [5, 5.41) is 6.26. The van der Waals surface area contributed by atoms with Gasteiger partial charge in [0.1, 0.15) is 17.1 Å². The fourth-order valence-electron chi connectivity index (χ4n) is 4.26. The van der Waals surface area contributed by atoms with Crippen molar-refractivity contribution < 1.29 is 18.8 Å². The molecular weight excluding hydrogens is 411 g/mol. The molecule has 2 N–H and O–H groups in total. The first kappa shape index (κ1) is 21.5. The van der Waals surface area contributed by atoms with E-state index in [0.717, 1.165) is 10.9 Å². The van der Waals surface area contributed by atoms with Crippen molar-refractivity contribution in [3.05, 3.63) is 71.7 Å². The smallest absolute Gasteiger partial charge is 0.271 e. The lowest BCUT2D eigenvalue weighted by Crippen LogP contribution is -2.64.